The summed E-state index contributed by atoms with van der Waals surface area (Å²) in [5.41, 5.74) is 5.68. The number of rotatable bonds is 4. The van der Waals surface area contributed by atoms with Gasteiger partial charge in [-0.3, -0.25) is 4.79 Å². The molecule has 1 amide bonds. The van der Waals surface area contributed by atoms with E-state index in [0.717, 1.165) is 38.6 Å². The summed E-state index contributed by atoms with van der Waals surface area (Å²) in [6.45, 7) is 3.60. The number of ether oxygens (including phenoxy) is 1. The maximum atomic E-state index is 12.1. The van der Waals surface area contributed by atoms with E-state index in [1.54, 1.807) is 0 Å². The highest BCUT2D eigenvalue weighted by molar-refractivity contribution is 5.85. The van der Waals surface area contributed by atoms with Gasteiger partial charge in [-0.15, -0.1) is 12.4 Å². The van der Waals surface area contributed by atoms with Gasteiger partial charge in [0.05, 0.1) is 12.2 Å². The van der Waals surface area contributed by atoms with Gasteiger partial charge in [-0.05, 0) is 39.0 Å². The highest BCUT2D eigenvalue weighted by atomic mass is 35.5. The van der Waals surface area contributed by atoms with Crippen LogP contribution < -0.4 is 5.73 Å². The van der Waals surface area contributed by atoms with E-state index in [1.165, 1.54) is 0 Å². The van der Waals surface area contributed by atoms with E-state index in [4.69, 9.17) is 10.5 Å². The minimum absolute atomic E-state index is 0. The molecule has 0 aromatic heterocycles. The largest absolute Gasteiger partial charge is 0.375 e. The number of carbonyl (C=O) groups is 1. The van der Waals surface area contributed by atoms with Crippen LogP contribution in [-0.4, -0.2) is 42.1 Å². The molecule has 0 saturated carbocycles. The Hall–Kier alpha value is -0.320. The van der Waals surface area contributed by atoms with Gasteiger partial charge in [-0.25, -0.2) is 0 Å². The van der Waals surface area contributed by atoms with E-state index in [-0.39, 0.29) is 24.4 Å². The van der Waals surface area contributed by atoms with Crippen molar-refractivity contribution in [2.75, 3.05) is 13.1 Å². The maximum absolute atomic E-state index is 12.1. The minimum Gasteiger partial charge on any atom is -0.375 e. The monoisotopic (exact) mass is 276 g/mol. The smallest absolute Gasteiger partial charge is 0.222 e. The summed E-state index contributed by atoms with van der Waals surface area (Å²) in [6.07, 6.45) is 6.57. The molecule has 4 nitrogen and oxygen atoms in total. The molecule has 0 bridgehead atoms. The zero-order valence-corrected chi connectivity index (χ0v) is 12.0. The number of carbonyl (C=O) groups excluding carboxylic acids is 1. The highest BCUT2D eigenvalue weighted by Crippen LogP contribution is 2.24. The van der Waals surface area contributed by atoms with Crippen LogP contribution in [-0.2, 0) is 9.53 Å². The van der Waals surface area contributed by atoms with Crippen LogP contribution in [0.4, 0.5) is 0 Å². The average Bonchev–Trinajstić information content (AvgIpc) is 2.94. The first-order chi connectivity index (χ1) is 8.20. The Labute approximate surface area is 116 Å². The molecule has 2 saturated heterocycles. The summed E-state index contributed by atoms with van der Waals surface area (Å²) in [7, 11) is 0. The van der Waals surface area contributed by atoms with Gasteiger partial charge in [-0.2, -0.15) is 0 Å². The summed E-state index contributed by atoms with van der Waals surface area (Å²) in [4.78, 5) is 14.0. The Morgan fingerprint density at radius 2 is 2.17 bits per heavy atom. The summed E-state index contributed by atoms with van der Waals surface area (Å²) >= 11 is 0. The molecule has 3 atom stereocenters. The third kappa shape index (κ3) is 3.84. The van der Waals surface area contributed by atoms with Gasteiger partial charge < -0.3 is 15.4 Å². The Bertz CT molecular complexity index is 276. The molecule has 2 aliphatic heterocycles. The van der Waals surface area contributed by atoms with Gasteiger partial charge in [0.15, 0.2) is 0 Å². The van der Waals surface area contributed by atoms with Crippen LogP contribution in [0.5, 0.6) is 0 Å². The Morgan fingerprint density at radius 3 is 2.78 bits per heavy atom. The fourth-order valence-corrected chi connectivity index (χ4v) is 2.93. The van der Waals surface area contributed by atoms with Crippen molar-refractivity contribution >= 4 is 18.3 Å². The van der Waals surface area contributed by atoms with Crippen molar-refractivity contribution in [3.63, 3.8) is 0 Å². The second kappa shape index (κ2) is 7.31. The van der Waals surface area contributed by atoms with E-state index < -0.39 is 0 Å². The van der Waals surface area contributed by atoms with Crippen molar-refractivity contribution in [1.29, 1.82) is 0 Å². The van der Waals surface area contributed by atoms with Gasteiger partial charge in [0.1, 0.15) is 0 Å². The molecule has 0 spiro atoms. The molecule has 2 fully saturated rings. The molecule has 0 aliphatic carbocycles. The molecule has 2 aliphatic rings. The van der Waals surface area contributed by atoms with E-state index in [1.807, 2.05) is 4.90 Å². The van der Waals surface area contributed by atoms with Crippen LogP contribution in [0.15, 0.2) is 0 Å². The molecular weight excluding hydrogens is 252 g/mol. The number of halogens is 1. The molecule has 0 radical (unpaired) electrons. The first kappa shape index (κ1) is 15.7. The minimum atomic E-state index is 0. The van der Waals surface area contributed by atoms with E-state index >= 15 is 0 Å². The van der Waals surface area contributed by atoms with Gasteiger partial charge >= 0.3 is 0 Å². The number of likely N-dealkylation sites (tertiary alicyclic amines) is 1. The normalized spacial score (nSPS) is 31.4. The number of nitrogens with two attached hydrogens (primary N) is 1. The van der Waals surface area contributed by atoms with E-state index in [0.29, 0.717) is 25.2 Å². The number of nitrogens with zero attached hydrogens (tertiary/aromatic N) is 1. The Morgan fingerprint density at radius 1 is 1.39 bits per heavy atom. The third-order valence-electron chi connectivity index (χ3n) is 3.97. The first-order valence-corrected chi connectivity index (χ1v) is 6.85. The predicted molar refractivity (Wildman–Crippen MR) is 73.8 cm³/mol. The fraction of sp³-hybridized carbons (Fsp3) is 0.923. The number of amides is 1. The second-order valence-corrected chi connectivity index (χ2v) is 5.30. The molecular formula is C13H25ClN2O2. The zero-order chi connectivity index (χ0) is 12.3. The van der Waals surface area contributed by atoms with Crippen molar-refractivity contribution in [3.8, 4) is 0 Å². The van der Waals surface area contributed by atoms with Crippen LogP contribution in [0, 0.1) is 0 Å². The molecule has 106 valence electrons. The Balaban J connectivity index is 0.00000162. The van der Waals surface area contributed by atoms with E-state index in [9.17, 15) is 4.79 Å². The lowest BCUT2D eigenvalue weighted by atomic mass is 10.1. The van der Waals surface area contributed by atoms with Gasteiger partial charge in [0.25, 0.3) is 0 Å². The lowest BCUT2D eigenvalue weighted by Crippen LogP contribution is -2.40. The predicted octanol–water partition coefficient (Wildman–Crippen LogP) is 1.71. The lowest BCUT2D eigenvalue weighted by Gasteiger charge is -2.24. The van der Waals surface area contributed by atoms with E-state index in [2.05, 4.69) is 6.92 Å². The molecule has 5 heteroatoms. The van der Waals surface area contributed by atoms with Crippen molar-refractivity contribution in [2.24, 2.45) is 5.73 Å². The van der Waals surface area contributed by atoms with Crippen LogP contribution in [0.2, 0.25) is 0 Å². The molecule has 2 rings (SSSR count). The highest BCUT2D eigenvalue weighted by Gasteiger charge is 2.28. The van der Waals surface area contributed by atoms with Crippen LogP contribution in [0.25, 0.3) is 0 Å². The van der Waals surface area contributed by atoms with Crippen LogP contribution in [0.1, 0.15) is 45.4 Å². The quantitative estimate of drug-likeness (QED) is 0.850. The average molecular weight is 277 g/mol. The third-order valence-corrected chi connectivity index (χ3v) is 3.97. The SMILES string of the molecule is CC1CCC(CCC(=O)N2CCCC2CN)O1.Cl. The summed E-state index contributed by atoms with van der Waals surface area (Å²) in [6, 6.07) is 0.283. The van der Waals surface area contributed by atoms with Crippen LogP contribution in [0.3, 0.4) is 0 Å². The maximum Gasteiger partial charge on any atom is 0.222 e. The van der Waals surface area contributed by atoms with Crippen molar-refractivity contribution < 1.29 is 9.53 Å². The van der Waals surface area contributed by atoms with Crippen LogP contribution >= 0.6 is 12.4 Å². The summed E-state index contributed by atoms with van der Waals surface area (Å²) in [5.74, 6) is 0.265. The summed E-state index contributed by atoms with van der Waals surface area (Å²) in [5, 5.41) is 0. The molecule has 0 aromatic carbocycles. The fourth-order valence-electron chi connectivity index (χ4n) is 2.93. The molecule has 2 heterocycles. The molecule has 2 N–H and O–H groups in total. The molecule has 0 aromatic rings. The van der Waals surface area contributed by atoms with Gasteiger partial charge in [0.2, 0.25) is 5.91 Å². The van der Waals surface area contributed by atoms with Crippen molar-refractivity contribution in [2.45, 2.75) is 63.7 Å². The first-order valence-electron chi connectivity index (χ1n) is 6.85. The van der Waals surface area contributed by atoms with Gasteiger partial charge in [0, 0.05) is 25.6 Å². The van der Waals surface area contributed by atoms with Crippen molar-refractivity contribution in [1.82, 2.24) is 4.90 Å². The standard InChI is InChI=1S/C13H24N2O2.ClH/c1-10-4-5-12(17-10)6-7-13(16)15-8-2-3-11(15)9-14;/h10-12H,2-9,14H2,1H3;1H. The molecule has 3 unspecified atom stereocenters. The number of hydrogen-bond donors (Lipinski definition) is 1. The summed E-state index contributed by atoms with van der Waals surface area (Å²) < 4.78 is 5.73. The topological polar surface area (TPSA) is 55.6 Å². The Kier molecular flexibility index (Phi) is 6.39. The zero-order valence-electron chi connectivity index (χ0n) is 11.1. The lowest BCUT2D eigenvalue weighted by molar-refractivity contribution is -0.132. The second-order valence-electron chi connectivity index (χ2n) is 5.30. The number of hydrogen-bond acceptors (Lipinski definition) is 3. The molecule has 18 heavy (non-hydrogen) atoms. The van der Waals surface area contributed by atoms with Gasteiger partial charge in [-0.1, -0.05) is 0 Å². The van der Waals surface area contributed by atoms with Crippen molar-refractivity contribution in [3.05, 3.63) is 0 Å².